The third-order valence-corrected chi connectivity index (χ3v) is 4.72. The van der Waals surface area contributed by atoms with E-state index in [0.29, 0.717) is 6.04 Å². The number of hydrogen-bond acceptors (Lipinski definition) is 3. The predicted molar refractivity (Wildman–Crippen MR) is 84.2 cm³/mol. The molecule has 2 heterocycles. The number of nitrogens with zero attached hydrogens (tertiary/aromatic N) is 2. The zero-order chi connectivity index (χ0) is 14.5. The Morgan fingerprint density at radius 2 is 2.00 bits per heavy atom. The molecule has 1 aromatic rings. The lowest BCUT2D eigenvalue weighted by atomic mass is 9.91. The van der Waals surface area contributed by atoms with Gasteiger partial charge in [-0.3, -0.25) is 9.69 Å². The molecule has 1 amide bonds. The summed E-state index contributed by atoms with van der Waals surface area (Å²) in [5.41, 5.74) is 0. The number of carbonyl (C=O) groups is 1. The molecule has 1 atom stereocenters. The SMILES string of the molecule is O=C([C@H]1CCCNC1)N(c1ccccn1)C1CCCCC1. The van der Waals surface area contributed by atoms with Crippen LogP contribution >= 0.6 is 0 Å². The van der Waals surface area contributed by atoms with E-state index in [-0.39, 0.29) is 11.8 Å². The van der Waals surface area contributed by atoms with Gasteiger partial charge in [-0.25, -0.2) is 4.98 Å². The summed E-state index contributed by atoms with van der Waals surface area (Å²) in [4.78, 5) is 19.5. The molecule has 1 aromatic heterocycles. The monoisotopic (exact) mass is 287 g/mol. The third kappa shape index (κ3) is 3.43. The Morgan fingerprint density at radius 1 is 1.14 bits per heavy atom. The number of nitrogens with one attached hydrogen (secondary N) is 1. The van der Waals surface area contributed by atoms with E-state index in [1.807, 2.05) is 23.1 Å². The first kappa shape index (κ1) is 14.5. The molecule has 0 radical (unpaired) electrons. The molecule has 2 aliphatic rings. The first-order valence-corrected chi connectivity index (χ1v) is 8.31. The summed E-state index contributed by atoms with van der Waals surface area (Å²) in [5.74, 6) is 1.22. The molecule has 1 N–H and O–H groups in total. The van der Waals surface area contributed by atoms with Crippen molar-refractivity contribution in [3.05, 3.63) is 24.4 Å². The smallest absolute Gasteiger partial charge is 0.232 e. The minimum absolute atomic E-state index is 0.114. The van der Waals surface area contributed by atoms with Crippen molar-refractivity contribution in [1.82, 2.24) is 10.3 Å². The van der Waals surface area contributed by atoms with Crippen LogP contribution in [0, 0.1) is 5.92 Å². The third-order valence-electron chi connectivity index (χ3n) is 4.72. The van der Waals surface area contributed by atoms with Crippen LogP contribution in [-0.2, 0) is 4.79 Å². The predicted octanol–water partition coefficient (Wildman–Crippen LogP) is 2.75. The fourth-order valence-corrected chi connectivity index (χ4v) is 3.57. The minimum Gasteiger partial charge on any atom is -0.316 e. The van der Waals surface area contributed by atoms with Gasteiger partial charge in [-0.2, -0.15) is 0 Å². The van der Waals surface area contributed by atoms with Gasteiger partial charge < -0.3 is 5.32 Å². The lowest BCUT2D eigenvalue weighted by Gasteiger charge is -2.36. The number of amides is 1. The van der Waals surface area contributed by atoms with Crippen molar-refractivity contribution in [1.29, 1.82) is 0 Å². The molecule has 1 aliphatic carbocycles. The number of aromatic nitrogens is 1. The molecule has 4 nitrogen and oxygen atoms in total. The van der Waals surface area contributed by atoms with Crippen LogP contribution in [0.2, 0.25) is 0 Å². The maximum Gasteiger partial charge on any atom is 0.232 e. The van der Waals surface area contributed by atoms with Crippen molar-refractivity contribution in [3.63, 3.8) is 0 Å². The summed E-state index contributed by atoms with van der Waals surface area (Å²) < 4.78 is 0. The number of hydrogen-bond donors (Lipinski definition) is 1. The average Bonchev–Trinajstić information content (AvgIpc) is 2.58. The second-order valence-corrected chi connectivity index (χ2v) is 6.23. The van der Waals surface area contributed by atoms with Crippen molar-refractivity contribution < 1.29 is 4.79 Å². The summed E-state index contributed by atoms with van der Waals surface area (Å²) >= 11 is 0. The summed E-state index contributed by atoms with van der Waals surface area (Å²) in [5, 5.41) is 3.36. The molecule has 114 valence electrons. The topological polar surface area (TPSA) is 45.2 Å². The van der Waals surface area contributed by atoms with E-state index in [0.717, 1.165) is 44.6 Å². The molecule has 4 heteroatoms. The molecule has 21 heavy (non-hydrogen) atoms. The zero-order valence-electron chi connectivity index (χ0n) is 12.6. The summed E-state index contributed by atoms with van der Waals surface area (Å²) in [6.45, 7) is 1.85. The molecule has 0 aromatic carbocycles. The Kier molecular flexibility index (Phi) is 4.86. The van der Waals surface area contributed by atoms with Gasteiger partial charge in [-0.1, -0.05) is 25.3 Å². The highest BCUT2D eigenvalue weighted by Crippen LogP contribution is 2.28. The van der Waals surface area contributed by atoms with Gasteiger partial charge in [0.15, 0.2) is 0 Å². The van der Waals surface area contributed by atoms with Crippen LogP contribution in [0.4, 0.5) is 5.82 Å². The van der Waals surface area contributed by atoms with Crippen LogP contribution in [0.5, 0.6) is 0 Å². The standard InChI is InChI=1S/C17H25N3O/c21-17(14-7-6-11-18-13-14)20(15-8-2-1-3-9-15)16-10-4-5-12-19-16/h4-5,10,12,14-15,18H,1-3,6-9,11,13H2/t14-/m0/s1. The quantitative estimate of drug-likeness (QED) is 0.929. The van der Waals surface area contributed by atoms with Gasteiger partial charge in [0.25, 0.3) is 0 Å². The van der Waals surface area contributed by atoms with E-state index in [1.54, 1.807) is 6.20 Å². The lowest BCUT2D eigenvalue weighted by Crippen LogP contribution is -2.48. The lowest BCUT2D eigenvalue weighted by molar-refractivity contribution is -0.123. The molecule has 3 rings (SSSR count). The summed E-state index contributed by atoms with van der Waals surface area (Å²) in [6.07, 6.45) is 9.86. The van der Waals surface area contributed by atoms with E-state index in [4.69, 9.17) is 0 Å². The Hall–Kier alpha value is -1.42. The van der Waals surface area contributed by atoms with Gasteiger partial charge in [0.2, 0.25) is 5.91 Å². The van der Waals surface area contributed by atoms with Gasteiger partial charge in [0, 0.05) is 18.8 Å². The summed E-state index contributed by atoms with van der Waals surface area (Å²) in [7, 11) is 0. The molecule has 2 fully saturated rings. The molecule has 0 bridgehead atoms. The highest BCUT2D eigenvalue weighted by molar-refractivity contribution is 5.95. The molecule has 1 saturated carbocycles. The van der Waals surface area contributed by atoms with Crippen molar-refractivity contribution in [2.24, 2.45) is 5.92 Å². The average molecular weight is 287 g/mol. The van der Waals surface area contributed by atoms with E-state index in [9.17, 15) is 4.79 Å². The van der Waals surface area contributed by atoms with E-state index >= 15 is 0 Å². The molecular formula is C17H25N3O. The Labute approximate surface area is 126 Å². The first-order chi connectivity index (χ1) is 10.4. The van der Waals surface area contributed by atoms with Gasteiger partial charge in [0.1, 0.15) is 5.82 Å². The second-order valence-electron chi connectivity index (χ2n) is 6.23. The highest BCUT2D eigenvalue weighted by atomic mass is 16.2. The fourth-order valence-electron chi connectivity index (χ4n) is 3.57. The van der Waals surface area contributed by atoms with Crippen LogP contribution in [0.25, 0.3) is 0 Å². The van der Waals surface area contributed by atoms with Gasteiger partial charge >= 0.3 is 0 Å². The van der Waals surface area contributed by atoms with Crippen molar-refractivity contribution in [2.45, 2.75) is 51.0 Å². The first-order valence-electron chi connectivity index (χ1n) is 8.31. The largest absolute Gasteiger partial charge is 0.316 e. The van der Waals surface area contributed by atoms with Gasteiger partial charge in [-0.05, 0) is 44.4 Å². The molecule has 1 aliphatic heterocycles. The van der Waals surface area contributed by atoms with E-state index < -0.39 is 0 Å². The maximum atomic E-state index is 13.0. The van der Waals surface area contributed by atoms with Crippen LogP contribution in [0.3, 0.4) is 0 Å². The fraction of sp³-hybridized carbons (Fsp3) is 0.647. The van der Waals surface area contributed by atoms with Crippen molar-refractivity contribution >= 4 is 11.7 Å². The van der Waals surface area contributed by atoms with Crippen molar-refractivity contribution in [3.8, 4) is 0 Å². The van der Waals surface area contributed by atoms with Crippen LogP contribution in [-0.4, -0.2) is 30.0 Å². The van der Waals surface area contributed by atoms with Crippen molar-refractivity contribution in [2.75, 3.05) is 18.0 Å². The van der Waals surface area contributed by atoms with E-state index in [1.165, 1.54) is 19.3 Å². The number of pyridine rings is 1. The molecule has 0 unspecified atom stereocenters. The van der Waals surface area contributed by atoms with Gasteiger partial charge in [0.05, 0.1) is 5.92 Å². The Bertz CT molecular complexity index is 450. The number of anilines is 1. The summed E-state index contributed by atoms with van der Waals surface area (Å²) in [6, 6.07) is 6.20. The normalized spacial score (nSPS) is 23.7. The van der Waals surface area contributed by atoms with Gasteiger partial charge in [-0.15, -0.1) is 0 Å². The number of piperidine rings is 1. The van der Waals surface area contributed by atoms with Crippen LogP contribution in [0.1, 0.15) is 44.9 Å². The molecule has 0 spiro atoms. The zero-order valence-corrected chi connectivity index (χ0v) is 12.6. The van der Waals surface area contributed by atoms with Crippen LogP contribution < -0.4 is 10.2 Å². The number of carbonyl (C=O) groups excluding carboxylic acids is 1. The minimum atomic E-state index is 0.114. The highest BCUT2D eigenvalue weighted by Gasteiger charge is 2.32. The number of rotatable bonds is 3. The van der Waals surface area contributed by atoms with Crippen LogP contribution in [0.15, 0.2) is 24.4 Å². The Morgan fingerprint density at radius 3 is 2.67 bits per heavy atom. The van der Waals surface area contributed by atoms with E-state index in [2.05, 4.69) is 10.3 Å². The molecule has 1 saturated heterocycles. The second kappa shape index (κ2) is 7.03. The maximum absolute atomic E-state index is 13.0. The Balaban J connectivity index is 1.82. The molecular weight excluding hydrogens is 262 g/mol.